The van der Waals surface area contributed by atoms with E-state index in [4.69, 9.17) is 16.3 Å². The molecule has 0 bridgehead atoms. The number of benzene rings is 1. The number of piperidine rings is 1. The van der Waals surface area contributed by atoms with Crippen LogP contribution in [-0.2, 0) is 11.2 Å². The Balaban J connectivity index is 1.58. The summed E-state index contributed by atoms with van der Waals surface area (Å²) in [5, 5.41) is 0. The Kier molecular flexibility index (Phi) is 6.69. The molecule has 3 heteroatoms. The second-order valence-corrected chi connectivity index (χ2v) is 5.57. The van der Waals surface area contributed by atoms with Crippen LogP contribution >= 0.6 is 11.6 Å². The van der Waals surface area contributed by atoms with Crippen molar-refractivity contribution >= 4 is 11.6 Å². The Bertz CT molecular complexity index is 336. The largest absolute Gasteiger partial charge is 0.377 e. The van der Waals surface area contributed by atoms with Gasteiger partial charge in [-0.3, -0.25) is 0 Å². The highest BCUT2D eigenvalue weighted by atomic mass is 35.5. The average molecular weight is 282 g/mol. The third kappa shape index (κ3) is 5.52. The van der Waals surface area contributed by atoms with Crippen LogP contribution in [0.15, 0.2) is 30.3 Å². The van der Waals surface area contributed by atoms with Crippen molar-refractivity contribution < 1.29 is 4.74 Å². The molecule has 0 aliphatic carbocycles. The summed E-state index contributed by atoms with van der Waals surface area (Å²) in [6, 6.07) is 10.7. The van der Waals surface area contributed by atoms with Crippen molar-refractivity contribution in [1.82, 2.24) is 4.90 Å². The zero-order valence-corrected chi connectivity index (χ0v) is 12.3. The number of halogens is 1. The molecule has 1 fully saturated rings. The summed E-state index contributed by atoms with van der Waals surface area (Å²) >= 11 is 5.64. The minimum absolute atomic E-state index is 0.434. The highest BCUT2D eigenvalue weighted by Gasteiger charge is 2.18. The number of aryl methyl sites for hydroxylation is 1. The van der Waals surface area contributed by atoms with Gasteiger partial charge >= 0.3 is 0 Å². The number of alkyl halides is 1. The SMILES string of the molecule is ClCCOC1CCN(CCCc2ccccc2)CC1. The van der Waals surface area contributed by atoms with Crippen LogP contribution in [0, 0.1) is 0 Å². The van der Waals surface area contributed by atoms with Crippen molar-refractivity contribution in [3.8, 4) is 0 Å². The first-order valence-corrected chi connectivity index (χ1v) is 7.86. The molecule has 1 aliphatic heterocycles. The number of hydrogen-bond acceptors (Lipinski definition) is 2. The zero-order chi connectivity index (χ0) is 13.3. The fourth-order valence-electron chi connectivity index (χ4n) is 2.66. The third-order valence-electron chi connectivity index (χ3n) is 3.75. The standard InChI is InChI=1S/C16H24ClNO/c17-10-14-19-16-8-12-18(13-9-16)11-4-7-15-5-2-1-3-6-15/h1-3,5-6,16H,4,7-14H2. The van der Waals surface area contributed by atoms with Crippen LogP contribution in [0.4, 0.5) is 0 Å². The predicted molar refractivity (Wildman–Crippen MR) is 80.9 cm³/mol. The van der Waals surface area contributed by atoms with E-state index < -0.39 is 0 Å². The van der Waals surface area contributed by atoms with E-state index >= 15 is 0 Å². The molecular formula is C16H24ClNO. The molecule has 0 atom stereocenters. The number of nitrogens with zero attached hydrogens (tertiary/aromatic N) is 1. The lowest BCUT2D eigenvalue weighted by Gasteiger charge is -2.31. The van der Waals surface area contributed by atoms with E-state index in [-0.39, 0.29) is 0 Å². The molecule has 0 N–H and O–H groups in total. The van der Waals surface area contributed by atoms with Gasteiger partial charge in [0, 0.05) is 19.0 Å². The van der Waals surface area contributed by atoms with Crippen LogP contribution in [0.2, 0.25) is 0 Å². The summed E-state index contributed by atoms with van der Waals surface area (Å²) in [6.07, 6.45) is 5.18. The molecular weight excluding hydrogens is 258 g/mol. The normalized spacial score (nSPS) is 17.7. The highest BCUT2D eigenvalue weighted by Crippen LogP contribution is 2.14. The monoisotopic (exact) mass is 281 g/mol. The van der Waals surface area contributed by atoms with Crippen molar-refractivity contribution in [2.45, 2.75) is 31.8 Å². The predicted octanol–water partition coefficient (Wildman–Crippen LogP) is 3.34. The number of ether oxygens (including phenoxy) is 1. The summed E-state index contributed by atoms with van der Waals surface area (Å²) < 4.78 is 5.70. The lowest BCUT2D eigenvalue weighted by molar-refractivity contribution is 0.0151. The van der Waals surface area contributed by atoms with Crippen molar-refractivity contribution in [3.63, 3.8) is 0 Å². The molecule has 1 saturated heterocycles. The molecule has 1 aliphatic rings. The van der Waals surface area contributed by atoms with Crippen molar-refractivity contribution in [3.05, 3.63) is 35.9 Å². The minimum Gasteiger partial charge on any atom is -0.377 e. The van der Waals surface area contributed by atoms with Gasteiger partial charge in [0.05, 0.1) is 12.7 Å². The third-order valence-corrected chi connectivity index (χ3v) is 3.90. The molecule has 0 aromatic heterocycles. The molecule has 1 aromatic rings. The first-order valence-electron chi connectivity index (χ1n) is 7.32. The van der Waals surface area contributed by atoms with Crippen LogP contribution in [0.1, 0.15) is 24.8 Å². The Morgan fingerprint density at radius 3 is 2.58 bits per heavy atom. The Morgan fingerprint density at radius 2 is 1.89 bits per heavy atom. The Labute approximate surface area is 121 Å². The maximum Gasteiger partial charge on any atom is 0.0605 e. The van der Waals surface area contributed by atoms with Gasteiger partial charge in [-0.2, -0.15) is 0 Å². The van der Waals surface area contributed by atoms with Gasteiger partial charge < -0.3 is 9.64 Å². The summed E-state index contributed by atoms with van der Waals surface area (Å²) in [6.45, 7) is 4.24. The van der Waals surface area contributed by atoms with Gasteiger partial charge in [0.15, 0.2) is 0 Å². The van der Waals surface area contributed by atoms with E-state index in [1.54, 1.807) is 0 Å². The molecule has 0 radical (unpaired) electrons. The lowest BCUT2D eigenvalue weighted by atomic mass is 10.1. The minimum atomic E-state index is 0.434. The van der Waals surface area contributed by atoms with Gasteiger partial charge in [-0.25, -0.2) is 0 Å². The van der Waals surface area contributed by atoms with Crippen LogP contribution in [-0.4, -0.2) is 43.1 Å². The van der Waals surface area contributed by atoms with Gasteiger partial charge in [-0.15, -0.1) is 11.6 Å². The maximum atomic E-state index is 5.70. The van der Waals surface area contributed by atoms with Crippen molar-refractivity contribution in [1.29, 1.82) is 0 Å². The second-order valence-electron chi connectivity index (χ2n) is 5.19. The second kappa shape index (κ2) is 8.57. The van der Waals surface area contributed by atoms with Crippen LogP contribution < -0.4 is 0 Å². The molecule has 2 rings (SSSR count). The molecule has 1 aromatic carbocycles. The van der Waals surface area contributed by atoms with Gasteiger partial charge in [-0.1, -0.05) is 30.3 Å². The van der Waals surface area contributed by atoms with E-state index in [0.717, 1.165) is 12.8 Å². The molecule has 1 heterocycles. The molecule has 0 saturated carbocycles. The average Bonchev–Trinajstić information content (AvgIpc) is 2.47. The van der Waals surface area contributed by atoms with Gasteiger partial charge in [0.1, 0.15) is 0 Å². The van der Waals surface area contributed by atoms with E-state index in [1.807, 2.05) is 0 Å². The molecule has 19 heavy (non-hydrogen) atoms. The molecule has 0 amide bonds. The fraction of sp³-hybridized carbons (Fsp3) is 0.625. The fourth-order valence-corrected chi connectivity index (χ4v) is 2.75. The van der Waals surface area contributed by atoms with Crippen molar-refractivity contribution in [2.75, 3.05) is 32.1 Å². The van der Waals surface area contributed by atoms with Gasteiger partial charge in [0.25, 0.3) is 0 Å². The van der Waals surface area contributed by atoms with E-state index in [9.17, 15) is 0 Å². The van der Waals surface area contributed by atoms with Crippen LogP contribution in [0.3, 0.4) is 0 Å². The summed E-state index contributed by atoms with van der Waals surface area (Å²) in [5.74, 6) is 0.608. The van der Waals surface area contributed by atoms with Crippen LogP contribution in [0.5, 0.6) is 0 Å². The Morgan fingerprint density at radius 1 is 1.16 bits per heavy atom. The number of hydrogen-bond donors (Lipinski definition) is 0. The Hall–Kier alpha value is -0.570. The molecule has 2 nitrogen and oxygen atoms in total. The quantitative estimate of drug-likeness (QED) is 0.711. The highest BCUT2D eigenvalue weighted by molar-refractivity contribution is 6.17. The molecule has 0 spiro atoms. The first kappa shape index (κ1) is 14.8. The number of rotatable bonds is 7. The lowest BCUT2D eigenvalue weighted by Crippen LogP contribution is -2.37. The van der Waals surface area contributed by atoms with E-state index in [2.05, 4.69) is 35.2 Å². The van der Waals surface area contributed by atoms with Gasteiger partial charge in [0.2, 0.25) is 0 Å². The topological polar surface area (TPSA) is 12.5 Å². The summed E-state index contributed by atoms with van der Waals surface area (Å²) in [7, 11) is 0. The first-order chi connectivity index (χ1) is 9.38. The summed E-state index contributed by atoms with van der Waals surface area (Å²) in [4.78, 5) is 2.56. The van der Waals surface area contributed by atoms with Crippen molar-refractivity contribution in [2.24, 2.45) is 0 Å². The maximum absolute atomic E-state index is 5.70. The summed E-state index contributed by atoms with van der Waals surface area (Å²) in [5.41, 5.74) is 1.45. The molecule has 106 valence electrons. The van der Waals surface area contributed by atoms with Gasteiger partial charge in [-0.05, 0) is 37.8 Å². The van der Waals surface area contributed by atoms with E-state index in [0.29, 0.717) is 18.6 Å². The van der Waals surface area contributed by atoms with E-state index in [1.165, 1.54) is 38.0 Å². The zero-order valence-electron chi connectivity index (χ0n) is 11.6. The van der Waals surface area contributed by atoms with Crippen LogP contribution in [0.25, 0.3) is 0 Å². The molecule has 0 unspecified atom stereocenters. The number of likely N-dealkylation sites (tertiary alicyclic amines) is 1. The smallest absolute Gasteiger partial charge is 0.0605 e.